The lowest BCUT2D eigenvalue weighted by atomic mass is 9.96. The molecular weight excluding hydrogens is 292 g/mol. The molecule has 1 aliphatic rings. The van der Waals surface area contributed by atoms with E-state index in [4.69, 9.17) is 10.5 Å². The van der Waals surface area contributed by atoms with Gasteiger partial charge in [0.05, 0.1) is 5.69 Å². The molecule has 2 atom stereocenters. The first-order chi connectivity index (χ1) is 8.74. The van der Waals surface area contributed by atoms with Gasteiger partial charge in [-0.15, -0.1) is 0 Å². The molecule has 0 radical (unpaired) electrons. The van der Waals surface area contributed by atoms with E-state index in [1.807, 2.05) is 36.4 Å². The highest BCUT2D eigenvalue weighted by Gasteiger charge is 2.27. The topological polar surface area (TPSA) is 48.1 Å². The molecule has 2 N–H and O–H groups in total. The van der Waals surface area contributed by atoms with Crippen molar-refractivity contribution >= 4 is 15.9 Å². The van der Waals surface area contributed by atoms with E-state index in [0.717, 1.165) is 27.9 Å². The Morgan fingerprint density at radius 3 is 2.83 bits per heavy atom. The molecule has 4 heteroatoms. The second-order valence-corrected chi connectivity index (χ2v) is 5.30. The summed E-state index contributed by atoms with van der Waals surface area (Å²) in [5.41, 5.74) is 8.18. The minimum absolute atomic E-state index is 0.00500. The van der Waals surface area contributed by atoms with Crippen LogP contribution in [0.4, 0.5) is 0 Å². The first-order valence-corrected chi connectivity index (χ1v) is 6.66. The molecule has 2 aromatic rings. The number of ether oxygens (including phenoxy) is 1. The Hall–Kier alpha value is -1.39. The largest absolute Gasteiger partial charge is 0.484 e. The van der Waals surface area contributed by atoms with Crippen LogP contribution < -0.4 is 10.5 Å². The van der Waals surface area contributed by atoms with Crippen LogP contribution in [0.25, 0.3) is 0 Å². The molecular formula is C14H13BrN2O. The lowest BCUT2D eigenvalue weighted by Gasteiger charge is -2.29. The zero-order valence-corrected chi connectivity index (χ0v) is 11.3. The fraction of sp³-hybridized carbons (Fsp3) is 0.214. The van der Waals surface area contributed by atoms with Gasteiger partial charge in [0.25, 0.3) is 0 Å². The van der Waals surface area contributed by atoms with Crippen molar-refractivity contribution in [3.8, 4) is 5.75 Å². The van der Waals surface area contributed by atoms with Crippen LogP contribution in [0.3, 0.4) is 0 Å². The highest BCUT2D eigenvalue weighted by Crippen LogP contribution is 2.38. The minimum atomic E-state index is -0.0667. The van der Waals surface area contributed by atoms with Gasteiger partial charge in [-0.25, -0.2) is 0 Å². The molecule has 1 unspecified atom stereocenters. The van der Waals surface area contributed by atoms with Gasteiger partial charge in [-0.05, 0) is 34.1 Å². The van der Waals surface area contributed by atoms with Gasteiger partial charge >= 0.3 is 0 Å². The molecule has 0 bridgehead atoms. The second kappa shape index (κ2) is 4.71. The molecule has 0 amide bonds. The highest BCUT2D eigenvalue weighted by molar-refractivity contribution is 9.10. The Labute approximate surface area is 114 Å². The summed E-state index contributed by atoms with van der Waals surface area (Å²) in [6, 6.07) is 11.9. The Kier molecular flexibility index (Phi) is 3.06. The van der Waals surface area contributed by atoms with Crippen LogP contribution in [-0.2, 0) is 0 Å². The standard InChI is InChI=1S/C14H13BrN2O/c15-9-5-6-12(17-8-9)14-7-11(16)10-3-1-2-4-13(10)18-14/h1-6,8,11,14H,7,16H2/t11-,14?/m0/s1. The fourth-order valence-corrected chi connectivity index (χ4v) is 2.45. The number of halogens is 1. The molecule has 1 aromatic heterocycles. The summed E-state index contributed by atoms with van der Waals surface area (Å²) in [6.07, 6.45) is 2.47. The SMILES string of the molecule is N[C@H]1CC(c2ccc(Br)cn2)Oc2ccccc21. The van der Waals surface area contributed by atoms with Gasteiger partial charge in [0.1, 0.15) is 11.9 Å². The monoisotopic (exact) mass is 304 g/mol. The van der Waals surface area contributed by atoms with Gasteiger partial charge in [-0.1, -0.05) is 18.2 Å². The lowest BCUT2D eigenvalue weighted by Crippen LogP contribution is -2.24. The van der Waals surface area contributed by atoms with E-state index < -0.39 is 0 Å². The molecule has 18 heavy (non-hydrogen) atoms. The zero-order chi connectivity index (χ0) is 12.5. The van der Waals surface area contributed by atoms with Crippen LogP contribution in [-0.4, -0.2) is 4.98 Å². The van der Waals surface area contributed by atoms with Gasteiger partial charge in [0.2, 0.25) is 0 Å². The average molecular weight is 305 g/mol. The first kappa shape index (κ1) is 11.7. The van der Waals surface area contributed by atoms with Crippen molar-refractivity contribution in [2.24, 2.45) is 5.73 Å². The van der Waals surface area contributed by atoms with Gasteiger partial charge in [-0.2, -0.15) is 0 Å². The van der Waals surface area contributed by atoms with E-state index in [2.05, 4.69) is 20.9 Å². The number of nitrogens with two attached hydrogens (primary N) is 1. The van der Waals surface area contributed by atoms with Gasteiger partial charge in [-0.3, -0.25) is 4.98 Å². The molecule has 92 valence electrons. The second-order valence-electron chi connectivity index (χ2n) is 4.39. The average Bonchev–Trinajstić information content (AvgIpc) is 2.39. The van der Waals surface area contributed by atoms with Gasteiger partial charge < -0.3 is 10.5 Å². The fourth-order valence-electron chi connectivity index (χ4n) is 2.21. The molecule has 0 aliphatic carbocycles. The summed E-state index contributed by atoms with van der Waals surface area (Å²) in [5, 5.41) is 0. The van der Waals surface area contributed by atoms with Crippen molar-refractivity contribution in [3.63, 3.8) is 0 Å². The highest BCUT2D eigenvalue weighted by atomic mass is 79.9. The van der Waals surface area contributed by atoms with Crippen molar-refractivity contribution in [3.05, 3.63) is 58.3 Å². The predicted octanol–water partition coefficient (Wildman–Crippen LogP) is 3.37. The normalized spacial score (nSPS) is 22.1. The Bertz CT molecular complexity index is 556. The van der Waals surface area contributed by atoms with Crippen LogP contribution in [0, 0.1) is 0 Å². The molecule has 0 saturated carbocycles. The molecule has 0 fully saturated rings. The molecule has 0 spiro atoms. The number of hydrogen-bond donors (Lipinski definition) is 1. The predicted molar refractivity (Wildman–Crippen MR) is 73.3 cm³/mol. The zero-order valence-electron chi connectivity index (χ0n) is 9.71. The Morgan fingerprint density at radius 1 is 1.22 bits per heavy atom. The Balaban J connectivity index is 1.92. The van der Waals surface area contributed by atoms with E-state index in [9.17, 15) is 0 Å². The van der Waals surface area contributed by atoms with Gasteiger partial charge in [0.15, 0.2) is 0 Å². The summed E-state index contributed by atoms with van der Waals surface area (Å²) in [5.74, 6) is 0.867. The van der Waals surface area contributed by atoms with Crippen LogP contribution in [0.1, 0.15) is 29.8 Å². The summed E-state index contributed by atoms with van der Waals surface area (Å²) >= 11 is 3.38. The summed E-state index contributed by atoms with van der Waals surface area (Å²) in [7, 11) is 0. The van der Waals surface area contributed by atoms with E-state index in [-0.39, 0.29) is 12.1 Å². The first-order valence-electron chi connectivity index (χ1n) is 5.86. The van der Waals surface area contributed by atoms with E-state index >= 15 is 0 Å². The Morgan fingerprint density at radius 2 is 2.06 bits per heavy atom. The minimum Gasteiger partial charge on any atom is -0.484 e. The van der Waals surface area contributed by atoms with Crippen LogP contribution in [0.15, 0.2) is 47.1 Å². The number of nitrogens with zero attached hydrogens (tertiary/aromatic N) is 1. The number of para-hydroxylation sites is 1. The summed E-state index contributed by atoms with van der Waals surface area (Å²) < 4.78 is 6.94. The van der Waals surface area contributed by atoms with Crippen LogP contribution >= 0.6 is 15.9 Å². The van der Waals surface area contributed by atoms with Crippen molar-refractivity contribution in [1.82, 2.24) is 4.98 Å². The molecule has 0 saturated heterocycles. The number of pyridine rings is 1. The van der Waals surface area contributed by atoms with Crippen molar-refractivity contribution in [1.29, 1.82) is 0 Å². The molecule has 3 rings (SSSR count). The third-order valence-corrected chi connectivity index (χ3v) is 3.60. The van der Waals surface area contributed by atoms with Crippen molar-refractivity contribution in [2.75, 3.05) is 0 Å². The number of benzene rings is 1. The van der Waals surface area contributed by atoms with Crippen LogP contribution in [0.5, 0.6) is 5.75 Å². The smallest absolute Gasteiger partial charge is 0.142 e. The van der Waals surface area contributed by atoms with E-state index in [1.54, 1.807) is 6.20 Å². The van der Waals surface area contributed by atoms with Crippen LogP contribution in [0.2, 0.25) is 0 Å². The third-order valence-electron chi connectivity index (χ3n) is 3.14. The number of hydrogen-bond acceptors (Lipinski definition) is 3. The van der Waals surface area contributed by atoms with Crippen molar-refractivity contribution in [2.45, 2.75) is 18.6 Å². The maximum atomic E-state index is 6.19. The van der Waals surface area contributed by atoms with E-state index in [0.29, 0.717) is 0 Å². The molecule has 2 heterocycles. The lowest BCUT2D eigenvalue weighted by molar-refractivity contribution is 0.157. The maximum absolute atomic E-state index is 6.19. The van der Waals surface area contributed by atoms with Crippen molar-refractivity contribution < 1.29 is 4.74 Å². The third kappa shape index (κ3) is 2.13. The number of aromatic nitrogens is 1. The molecule has 1 aromatic carbocycles. The summed E-state index contributed by atoms with van der Waals surface area (Å²) in [6.45, 7) is 0. The number of fused-ring (bicyclic) bond motifs is 1. The molecule has 1 aliphatic heterocycles. The molecule has 3 nitrogen and oxygen atoms in total. The van der Waals surface area contributed by atoms with Gasteiger partial charge in [0, 0.05) is 28.7 Å². The number of rotatable bonds is 1. The van der Waals surface area contributed by atoms with E-state index in [1.165, 1.54) is 0 Å². The quantitative estimate of drug-likeness (QED) is 0.879. The maximum Gasteiger partial charge on any atom is 0.142 e. The summed E-state index contributed by atoms with van der Waals surface area (Å²) in [4.78, 5) is 4.38.